The van der Waals surface area contributed by atoms with Crippen LogP contribution in [0.15, 0.2) is 22.7 Å². The van der Waals surface area contributed by atoms with Gasteiger partial charge in [0, 0.05) is 5.69 Å². The molecule has 1 aromatic rings. The average Bonchev–Trinajstić information content (AvgIpc) is 2.11. The Balaban J connectivity index is 2.73. The van der Waals surface area contributed by atoms with Crippen LogP contribution in [-0.2, 0) is 0 Å². The highest BCUT2D eigenvalue weighted by atomic mass is 79.9. The smallest absolute Gasteiger partial charge is 0.258 e. The standard InChI is InChI=1S/C9H9BrF3N/c1-5(9(12)13)14-6-2-3-8(11)7(10)4-6/h2-5,9,14H,1H3. The lowest BCUT2D eigenvalue weighted by atomic mass is 10.2. The number of anilines is 1. The summed E-state index contributed by atoms with van der Waals surface area (Å²) < 4.78 is 37.3. The molecule has 0 saturated carbocycles. The molecule has 78 valence electrons. The molecule has 0 spiro atoms. The SMILES string of the molecule is CC(Nc1ccc(F)c(Br)c1)C(F)F. The second-order valence-corrected chi connectivity index (χ2v) is 3.75. The number of rotatable bonds is 3. The fraction of sp³-hybridized carbons (Fsp3) is 0.333. The van der Waals surface area contributed by atoms with Crippen LogP contribution >= 0.6 is 15.9 Å². The first-order chi connectivity index (χ1) is 6.50. The number of nitrogens with one attached hydrogen (secondary N) is 1. The van der Waals surface area contributed by atoms with Crippen LogP contribution in [-0.4, -0.2) is 12.5 Å². The molecule has 0 saturated heterocycles. The van der Waals surface area contributed by atoms with Crippen LogP contribution in [0.2, 0.25) is 0 Å². The summed E-state index contributed by atoms with van der Waals surface area (Å²) in [4.78, 5) is 0. The summed E-state index contributed by atoms with van der Waals surface area (Å²) in [5.41, 5.74) is 0.464. The first-order valence-corrected chi connectivity index (χ1v) is 4.79. The fourth-order valence-electron chi connectivity index (χ4n) is 0.912. The van der Waals surface area contributed by atoms with Gasteiger partial charge in [0.15, 0.2) is 0 Å². The van der Waals surface area contributed by atoms with E-state index in [0.29, 0.717) is 5.69 Å². The van der Waals surface area contributed by atoms with Crippen molar-refractivity contribution in [3.63, 3.8) is 0 Å². The Bertz CT molecular complexity index is 317. The van der Waals surface area contributed by atoms with Crippen molar-refractivity contribution in [1.29, 1.82) is 0 Å². The molecular formula is C9H9BrF3N. The van der Waals surface area contributed by atoms with E-state index in [0.717, 1.165) is 0 Å². The third-order valence-corrected chi connectivity index (χ3v) is 2.30. The van der Waals surface area contributed by atoms with E-state index in [1.54, 1.807) is 0 Å². The van der Waals surface area contributed by atoms with Gasteiger partial charge >= 0.3 is 0 Å². The van der Waals surface area contributed by atoms with Gasteiger partial charge in [-0.1, -0.05) is 0 Å². The third-order valence-electron chi connectivity index (χ3n) is 1.69. The Kier molecular flexibility index (Phi) is 3.80. The van der Waals surface area contributed by atoms with E-state index in [2.05, 4.69) is 21.2 Å². The van der Waals surface area contributed by atoms with Crippen molar-refractivity contribution in [2.24, 2.45) is 0 Å². The second kappa shape index (κ2) is 4.68. The summed E-state index contributed by atoms with van der Waals surface area (Å²) in [5.74, 6) is -0.416. The molecule has 0 aliphatic rings. The van der Waals surface area contributed by atoms with Crippen LogP contribution in [0.25, 0.3) is 0 Å². The van der Waals surface area contributed by atoms with Crippen LogP contribution in [0, 0.1) is 5.82 Å². The minimum absolute atomic E-state index is 0.254. The Morgan fingerprint density at radius 3 is 2.50 bits per heavy atom. The van der Waals surface area contributed by atoms with Gasteiger partial charge in [-0.25, -0.2) is 13.2 Å². The molecule has 1 atom stereocenters. The van der Waals surface area contributed by atoms with Gasteiger partial charge in [-0.15, -0.1) is 0 Å². The lowest BCUT2D eigenvalue weighted by Gasteiger charge is -2.14. The van der Waals surface area contributed by atoms with Crippen molar-refractivity contribution in [1.82, 2.24) is 0 Å². The first-order valence-electron chi connectivity index (χ1n) is 4.00. The van der Waals surface area contributed by atoms with E-state index in [-0.39, 0.29) is 4.47 Å². The number of alkyl halides is 2. The van der Waals surface area contributed by atoms with Gasteiger partial charge in [0.25, 0.3) is 6.43 Å². The zero-order chi connectivity index (χ0) is 10.7. The van der Waals surface area contributed by atoms with Gasteiger partial charge in [0.1, 0.15) is 5.82 Å². The van der Waals surface area contributed by atoms with Crippen LogP contribution in [0.5, 0.6) is 0 Å². The highest BCUT2D eigenvalue weighted by Crippen LogP contribution is 2.21. The van der Waals surface area contributed by atoms with E-state index in [1.807, 2.05) is 0 Å². The Morgan fingerprint density at radius 1 is 1.36 bits per heavy atom. The molecule has 1 rings (SSSR count). The molecule has 1 nitrogen and oxygen atoms in total. The number of halogens is 4. The maximum atomic E-state index is 12.8. The molecule has 1 aromatic carbocycles. The summed E-state index contributed by atoms with van der Waals surface area (Å²) in [7, 11) is 0. The Morgan fingerprint density at radius 2 is 2.00 bits per heavy atom. The van der Waals surface area contributed by atoms with Gasteiger partial charge in [-0.2, -0.15) is 0 Å². The quantitative estimate of drug-likeness (QED) is 0.882. The number of benzene rings is 1. The summed E-state index contributed by atoms with van der Waals surface area (Å²) in [6, 6.07) is 3.10. The van der Waals surface area contributed by atoms with Crippen molar-refractivity contribution >= 4 is 21.6 Å². The van der Waals surface area contributed by atoms with Gasteiger partial charge < -0.3 is 5.32 Å². The molecule has 0 heterocycles. The maximum absolute atomic E-state index is 12.8. The van der Waals surface area contributed by atoms with E-state index >= 15 is 0 Å². The van der Waals surface area contributed by atoms with Crippen molar-refractivity contribution in [3.05, 3.63) is 28.5 Å². The molecule has 0 bridgehead atoms. The average molecular weight is 268 g/mol. The minimum atomic E-state index is -2.45. The van der Waals surface area contributed by atoms with Crippen molar-refractivity contribution in [2.45, 2.75) is 19.4 Å². The molecule has 1 unspecified atom stereocenters. The zero-order valence-corrected chi connectivity index (χ0v) is 8.98. The van der Waals surface area contributed by atoms with E-state index in [4.69, 9.17) is 0 Å². The lowest BCUT2D eigenvalue weighted by Crippen LogP contribution is -2.23. The predicted octanol–water partition coefficient (Wildman–Crippen LogP) is 3.65. The minimum Gasteiger partial charge on any atom is -0.377 e. The maximum Gasteiger partial charge on any atom is 0.258 e. The lowest BCUT2D eigenvalue weighted by molar-refractivity contribution is 0.131. The second-order valence-electron chi connectivity index (χ2n) is 2.90. The monoisotopic (exact) mass is 267 g/mol. The molecule has 0 aliphatic heterocycles. The van der Waals surface area contributed by atoms with E-state index in [1.165, 1.54) is 25.1 Å². The first kappa shape index (κ1) is 11.4. The van der Waals surface area contributed by atoms with Crippen molar-refractivity contribution < 1.29 is 13.2 Å². The molecule has 0 fully saturated rings. The zero-order valence-electron chi connectivity index (χ0n) is 7.40. The Hall–Kier alpha value is -0.710. The van der Waals surface area contributed by atoms with Gasteiger partial charge in [0.05, 0.1) is 10.5 Å². The van der Waals surface area contributed by atoms with E-state index in [9.17, 15) is 13.2 Å². The molecule has 14 heavy (non-hydrogen) atoms. The Labute approximate surface area is 88.4 Å². The number of hydrogen-bond donors (Lipinski definition) is 1. The highest BCUT2D eigenvalue weighted by molar-refractivity contribution is 9.10. The van der Waals surface area contributed by atoms with Crippen molar-refractivity contribution in [2.75, 3.05) is 5.32 Å². The summed E-state index contributed by atoms with van der Waals surface area (Å²) in [6.07, 6.45) is -2.45. The summed E-state index contributed by atoms with van der Waals surface area (Å²) >= 11 is 2.97. The molecule has 0 radical (unpaired) electrons. The molecular weight excluding hydrogens is 259 g/mol. The summed E-state index contributed by atoms with van der Waals surface area (Å²) in [5, 5.41) is 2.56. The van der Waals surface area contributed by atoms with Crippen LogP contribution < -0.4 is 5.32 Å². The molecule has 5 heteroatoms. The molecule has 1 N–H and O–H groups in total. The van der Waals surface area contributed by atoms with Crippen molar-refractivity contribution in [3.8, 4) is 0 Å². The van der Waals surface area contributed by atoms with Gasteiger partial charge in [-0.05, 0) is 41.1 Å². The highest BCUT2D eigenvalue weighted by Gasteiger charge is 2.14. The third kappa shape index (κ3) is 2.90. The fourth-order valence-corrected chi connectivity index (χ4v) is 1.29. The topological polar surface area (TPSA) is 12.0 Å². The van der Waals surface area contributed by atoms with Gasteiger partial charge in [0.2, 0.25) is 0 Å². The molecule has 0 aromatic heterocycles. The predicted molar refractivity (Wildman–Crippen MR) is 53.2 cm³/mol. The van der Waals surface area contributed by atoms with Crippen LogP contribution in [0.1, 0.15) is 6.92 Å². The largest absolute Gasteiger partial charge is 0.377 e. The molecule has 0 amide bonds. The number of hydrogen-bond acceptors (Lipinski definition) is 1. The normalized spacial score (nSPS) is 13.0. The molecule has 0 aliphatic carbocycles. The summed E-state index contributed by atoms with van der Waals surface area (Å²) in [6.45, 7) is 1.36. The van der Waals surface area contributed by atoms with Gasteiger partial charge in [-0.3, -0.25) is 0 Å². The van der Waals surface area contributed by atoms with Crippen LogP contribution in [0.3, 0.4) is 0 Å². The van der Waals surface area contributed by atoms with Crippen LogP contribution in [0.4, 0.5) is 18.9 Å². The van der Waals surface area contributed by atoms with E-state index < -0.39 is 18.3 Å².